The average molecular weight is 309 g/mol. The van der Waals surface area contributed by atoms with Crippen molar-refractivity contribution in [1.82, 2.24) is 9.97 Å². The molecule has 1 aliphatic heterocycles. The summed E-state index contributed by atoms with van der Waals surface area (Å²) in [4.78, 5) is 13.3. The number of thiophene rings is 1. The molecular formula is C18H19N3S. The van der Waals surface area contributed by atoms with Gasteiger partial charge in [-0.15, -0.1) is 11.3 Å². The largest absolute Gasteiger partial charge is 0.356 e. The number of piperidine rings is 1. The number of nitrogens with zero attached hydrogens (tertiary/aromatic N) is 3. The maximum atomic E-state index is 4.93. The second kappa shape index (κ2) is 5.69. The van der Waals surface area contributed by atoms with Crippen LogP contribution in [0.5, 0.6) is 0 Å². The lowest BCUT2D eigenvalue weighted by atomic mass is 10.00. The Bertz CT molecular complexity index is 782. The van der Waals surface area contributed by atoms with E-state index in [0.29, 0.717) is 0 Å². The lowest BCUT2D eigenvalue weighted by Gasteiger charge is -2.32. The highest BCUT2D eigenvalue weighted by atomic mass is 32.1. The Kier molecular flexibility index (Phi) is 3.54. The van der Waals surface area contributed by atoms with Crippen molar-refractivity contribution in [2.45, 2.75) is 19.8 Å². The van der Waals surface area contributed by atoms with E-state index in [2.05, 4.69) is 53.6 Å². The summed E-state index contributed by atoms with van der Waals surface area (Å²) in [5.41, 5.74) is 1.04. The van der Waals surface area contributed by atoms with Gasteiger partial charge in [0.05, 0.1) is 10.4 Å². The molecule has 1 atom stereocenters. The van der Waals surface area contributed by atoms with Gasteiger partial charge < -0.3 is 4.90 Å². The molecule has 0 N–H and O–H groups in total. The molecule has 2 aromatic heterocycles. The summed E-state index contributed by atoms with van der Waals surface area (Å²) < 4.78 is 0. The van der Waals surface area contributed by atoms with Gasteiger partial charge in [-0.3, -0.25) is 0 Å². The number of benzene rings is 1. The minimum atomic E-state index is 0.729. The highest BCUT2D eigenvalue weighted by Gasteiger charge is 2.21. The summed E-state index contributed by atoms with van der Waals surface area (Å²) in [6.07, 6.45) is 2.56. The summed E-state index contributed by atoms with van der Waals surface area (Å²) in [5, 5.41) is 3.24. The smallest absolute Gasteiger partial charge is 0.172 e. The van der Waals surface area contributed by atoms with Gasteiger partial charge in [0.2, 0.25) is 0 Å². The zero-order valence-electron chi connectivity index (χ0n) is 12.7. The van der Waals surface area contributed by atoms with Gasteiger partial charge in [-0.2, -0.15) is 0 Å². The van der Waals surface area contributed by atoms with Gasteiger partial charge in [-0.1, -0.05) is 25.1 Å². The molecule has 112 valence electrons. The predicted octanol–water partition coefficient (Wildman–Crippen LogP) is 4.59. The minimum absolute atomic E-state index is 0.729. The van der Waals surface area contributed by atoms with Crippen LogP contribution in [0.2, 0.25) is 0 Å². The fourth-order valence-corrected chi connectivity index (χ4v) is 3.86. The summed E-state index contributed by atoms with van der Waals surface area (Å²) in [5.74, 6) is 2.68. The molecule has 1 aliphatic rings. The van der Waals surface area contributed by atoms with Gasteiger partial charge in [-0.25, -0.2) is 9.97 Å². The van der Waals surface area contributed by atoms with E-state index in [0.717, 1.165) is 46.4 Å². The van der Waals surface area contributed by atoms with E-state index in [1.807, 2.05) is 0 Å². The molecule has 1 saturated heterocycles. The Balaban J connectivity index is 1.87. The number of fused-ring (bicyclic) bond motifs is 1. The van der Waals surface area contributed by atoms with E-state index in [4.69, 9.17) is 9.97 Å². The second-order valence-corrected chi connectivity index (χ2v) is 7.01. The summed E-state index contributed by atoms with van der Waals surface area (Å²) in [6.45, 7) is 4.51. The minimum Gasteiger partial charge on any atom is -0.356 e. The molecule has 3 aromatic rings. The van der Waals surface area contributed by atoms with Crippen LogP contribution >= 0.6 is 11.3 Å². The van der Waals surface area contributed by atoms with Gasteiger partial charge in [0.25, 0.3) is 0 Å². The van der Waals surface area contributed by atoms with Crippen LogP contribution in [0.4, 0.5) is 5.82 Å². The molecule has 3 heterocycles. The van der Waals surface area contributed by atoms with Crippen LogP contribution in [0.25, 0.3) is 21.6 Å². The first kappa shape index (κ1) is 13.7. The Morgan fingerprint density at radius 2 is 2.05 bits per heavy atom. The third-order valence-corrected chi connectivity index (χ3v) is 5.15. The van der Waals surface area contributed by atoms with Gasteiger partial charge in [0.1, 0.15) is 5.82 Å². The monoisotopic (exact) mass is 309 g/mol. The van der Waals surface area contributed by atoms with Crippen molar-refractivity contribution in [3.63, 3.8) is 0 Å². The van der Waals surface area contributed by atoms with Crippen molar-refractivity contribution in [2.75, 3.05) is 18.0 Å². The number of hydrogen-bond donors (Lipinski definition) is 0. The van der Waals surface area contributed by atoms with Crippen LogP contribution in [0.1, 0.15) is 19.8 Å². The van der Waals surface area contributed by atoms with E-state index >= 15 is 0 Å². The van der Waals surface area contributed by atoms with E-state index in [-0.39, 0.29) is 0 Å². The molecule has 1 unspecified atom stereocenters. The third-order valence-electron chi connectivity index (χ3n) is 4.28. The zero-order valence-corrected chi connectivity index (χ0v) is 13.5. The normalized spacial score (nSPS) is 18.8. The number of rotatable bonds is 2. The summed E-state index contributed by atoms with van der Waals surface area (Å²) >= 11 is 1.70. The fraction of sp³-hybridized carbons (Fsp3) is 0.333. The van der Waals surface area contributed by atoms with Crippen molar-refractivity contribution in [3.8, 4) is 10.7 Å². The average Bonchev–Trinajstić information content (AvgIpc) is 3.08. The Hall–Kier alpha value is -1.94. The number of para-hydroxylation sites is 1. The van der Waals surface area contributed by atoms with Crippen LogP contribution in [0, 0.1) is 5.92 Å². The maximum absolute atomic E-state index is 4.93. The summed E-state index contributed by atoms with van der Waals surface area (Å²) in [7, 11) is 0. The second-order valence-electron chi connectivity index (χ2n) is 6.06. The number of anilines is 1. The first-order chi connectivity index (χ1) is 10.8. The van der Waals surface area contributed by atoms with E-state index in [1.54, 1.807) is 11.3 Å². The van der Waals surface area contributed by atoms with Crippen molar-refractivity contribution in [2.24, 2.45) is 5.92 Å². The van der Waals surface area contributed by atoms with Crippen LogP contribution in [0.15, 0.2) is 41.8 Å². The molecule has 1 aromatic carbocycles. The maximum Gasteiger partial charge on any atom is 0.172 e. The molecular weight excluding hydrogens is 290 g/mol. The van der Waals surface area contributed by atoms with E-state index in [9.17, 15) is 0 Å². The number of aromatic nitrogens is 2. The highest BCUT2D eigenvalue weighted by molar-refractivity contribution is 7.13. The standard InChI is InChI=1S/C18H19N3S/c1-13-6-4-10-21(12-13)18-14-7-2-3-8-15(14)19-17(20-18)16-9-5-11-22-16/h2-3,5,7-9,11,13H,4,6,10,12H2,1H3. The first-order valence-corrected chi connectivity index (χ1v) is 8.75. The van der Waals surface area contributed by atoms with Crippen molar-refractivity contribution < 1.29 is 0 Å². The van der Waals surface area contributed by atoms with Gasteiger partial charge in [0.15, 0.2) is 5.82 Å². The quantitative estimate of drug-likeness (QED) is 0.693. The molecule has 0 radical (unpaired) electrons. The van der Waals surface area contributed by atoms with Gasteiger partial charge in [0, 0.05) is 18.5 Å². The van der Waals surface area contributed by atoms with Gasteiger partial charge in [-0.05, 0) is 42.3 Å². The van der Waals surface area contributed by atoms with Crippen molar-refractivity contribution >= 4 is 28.1 Å². The Labute approximate surface area is 134 Å². The fourth-order valence-electron chi connectivity index (χ4n) is 3.20. The molecule has 3 nitrogen and oxygen atoms in total. The molecule has 0 saturated carbocycles. The number of hydrogen-bond acceptors (Lipinski definition) is 4. The predicted molar refractivity (Wildman–Crippen MR) is 93.5 cm³/mol. The van der Waals surface area contributed by atoms with Crippen LogP contribution in [-0.2, 0) is 0 Å². The lowest BCUT2D eigenvalue weighted by molar-refractivity contribution is 0.445. The Morgan fingerprint density at radius 3 is 2.86 bits per heavy atom. The molecule has 0 amide bonds. The molecule has 4 rings (SSSR count). The molecule has 22 heavy (non-hydrogen) atoms. The van der Waals surface area contributed by atoms with Crippen LogP contribution in [-0.4, -0.2) is 23.1 Å². The zero-order chi connectivity index (χ0) is 14.9. The highest BCUT2D eigenvalue weighted by Crippen LogP contribution is 2.31. The molecule has 0 bridgehead atoms. The molecule has 4 heteroatoms. The van der Waals surface area contributed by atoms with Crippen LogP contribution in [0.3, 0.4) is 0 Å². The van der Waals surface area contributed by atoms with Gasteiger partial charge >= 0.3 is 0 Å². The van der Waals surface area contributed by atoms with Crippen LogP contribution < -0.4 is 4.90 Å². The summed E-state index contributed by atoms with van der Waals surface area (Å²) in [6, 6.07) is 12.5. The third kappa shape index (κ3) is 2.48. The van der Waals surface area contributed by atoms with E-state index < -0.39 is 0 Å². The van der Waals surface area contributed by atoms with Crippen molar-refractivity contribution in [1.29, 1.82) is 0 Å². The molecule has 1 fully saturated rings. The molecule has 0 spiro atoms. The topological polar surface area (TPSA) is 29.0 Å². The van der Waals surface area contributed by atoms with Crippen molar-refractivity contribution in [3.05, 3.63) is 41.8 Å². The SMILES string of the molecule is CC1CCCN(c2nc(-c3cccs3)nc3ccccc23)C1. The molecule has 0 aliphatic carbocycles. The van der Waals surface area contributed by atoms with E-state index in [1.165, 1.54) is 12.8 Å². The first-order valence-electron chi connectivity index (χ1n) is 7.87. The lowest BCUT2D eigenvalue weighted by Crippen LogP contribution is -2.35. The Morgan fingerprint density at radius 1 is 1.14 bits per heavy atom.